The maximum atomic E-state index is 14.3. The van der Waals surface area contributed by atoms with Crippen molar-refractivity contribution in [3.63, 3.8) is 0 Å². The SMILES string of the molecule is CCCCCCCCCCCCC(CCOC1CN(C(=O)CN(CCCCCCCCC)CCN(CCCCCCCCC)CCCCCCCCC)CCN1)CNC(CCCCCC)C(=O)OCCCCC. The quantitative estimate of drug-likeness (QED) is 0.0460. The first kappa shape index (κ1) is 69.8. The first-order valence-electron chi connectivity index (χ1n) is 32.9. The number of hydrogen-bond acceptors (Lipinski definition) is 8. The van der Waals surface area contributed by atoms with E-state index in [2.05, 4.69) is 66.9 Å². The van der Waals surface area contributed by atoms with Crippen LogP contribution in [0.15, 0.2) is 0 Å². The molecule has 9 nitrogen and oxygen atoms in total. The van der Waals surface area contributed by atoms with E-state index in [0.717, 1.165) is 90.6 Å². The van der Waals surface area contributed by atoms with E-state index >= 15 is 0 Å². The van der Waals surface area contributed by atoms with Crippen molar-refractivity contribution in [2.45, 2.75) is 317 Å². The van der Waals surface area contributed by atoms with Crippen molar-refractivity contribution >= 4 is 11.9 Å². The van der Waals surface area contributed by atoms with Crippen LogP contribution in [0, 0.1) is 5.92 Å². The zero-order valence-corrected chi connectivity index (χ0v) is 50.2. The van der Waals surface area contributed by atoms with Crippen LogP contribution < -0.4 is 10.6 Å². The van der Waals surface area contributed by atoms with Crippen molar-refractivity contribution in [2.24, 2.45) is 5.92 Å². The zero-order valence-electron chi connectivity index (χ0n) is 50.2. The Hall–Kier alpha value is -1.26. The molecule has 0 aromatic rings. The molecule has 0 aromatic heterocycles. The topological polar surface area (TPSA) is 86.4 Å². The van der Waals surface area contributed by atoms with Gasteiger partial charge in [-0.2, -0.15) is 0 Å². The van der Waals surface area contributed by atoms with Gasteiger partial charge in [-0.1, -0.05) is 260 Å². The van der Waals surface area contributed by atoms with E-state index in [-0.39, 0.29) is 24.1 Å². The fourth-order valence-corrected chi connectivity index (χ4v) is 10.8. The number of piperazine rings is 1. The molecule has 1 aliphatic heterocycles. The second-order valence-corrected chi connectivity index (χ2v) is 22.9. The molecular weight excluding hydrogens is 903 g/mol. The number of carbonyl (C=O) groups is 2. The van der Waals surface area contributed by atoms with Crippen LogP contribution in [-0.2, 0) is 19.1 Å². The van der Waals surface area contributed by atoms with Crippen LogP contribution in [0.1, 0.15) is 305 Å². The second kappa shape index (κ2) is 54.1. The van der Waals surface area contributed by atoms with Crippen molar-refractivity contribution in [3.05, 3.63) is 0 Å². The van der Waals surface area contributed by atoms with Gasteiger partial charge in [-0.25, -0.2) is 0 Å². The molecule has 1 fully saturated rings. The molecule has 434 valence electrons. The highest BCUT2D eigenvalue weighted by atomic mass is 16.5. The Balaban J connectivity index is 2.95. The molecule has 0 aromatic carbocycles. The monoisotopic (exact) mass is 1030 g/mol. The fourth-order valence-electron chi connectivity index (χ4n) is 10.8. The van der Waals surface area contributed by atoms with Gasteiger partial charge in [-0.05, 0) is 77.0 Å². The van der Waals surface area contributed by atoms with Crippen LogP contribution >= 0.6 is 0 Å². The van der Waals surface area contributed by atoms with E-state index in [1.807, 2.05) is 0 Å². The molecule has 0 bridgehead atoms. The Bertz CT molecular complexity index is 1140. The molecule has 2 N–H and O–H groups in total. The van der Waals surface area contributed by atoms with Crippen LogP contribution in [0.5, 0.6) is 0 Å². The lowest BCUT2D eigenvalue weighted by Crippen LogP contribution is -2.55. The van der Waals surface area contributed by atoms with Crippen molar-refractivity contribution in [3.8, 4) is 0 Å². The highest BCUT2D eigenvalue weighted by Crippen LogP contribution is 2.19. The summed E-state index contributed by atoms with van der Waals surface area (Å²) in [4.78, 5) is 35.0. The van der Waals surface area contributed by atoms with Gasteiger partial charge in [0.05, 0.1) is 19.7 Å². The number of ether oxygens (including phenoxy) is 2. The van der Waals surface area contributed by atoms with Gasteiger partial charge in [0, 0.05) is 32.8 Å². The van der Waals surface area contributed by atoms with Gasteiger partial charge in [0.25, 0.3) is 0 Å². The van der Waals surface area contributed by atoms with Gasteiger partial charge in [-0.3, -0.25) is 19.8 Å². The van der Waals surface area contributed by atoms with Gasteiger partial charge in [0.2, 0.25) is 5.91 Å². The lowest BCUT2D eigenvalue weighted by atomic mass is 9.96. The molecule has 1 amide bonds. The predicted molar refractivity (Wildman–Crippen MR) is 317 cm³/mol. The van der Waals surface area contributed by atoms with Crippen molar-refractivity contribution < 1.29 is 19.1 Å². The summed E-state index contributed by atoms with van der Waals surface area (Å²) in [5.74, 6) is 0.624. The number of nitrogens with zero attached hydrogens (tertiary/aromatic N) is 3. The van der Waals surface area contributed by atoms with E-state index in [4.69, 9.17) is 9.47 Å². The Labute approximate surface area is 456 Å². The third-order valence-corrected chi connectivity index (χ3v) is 15.9. The molecule has 0 saturated carbocycles. The number of rotatable bonds is 57. The maximum Gasteiger partial charge on any atom is 0.323 e. The molecule has 0 radical (unpaired) electrons. The van der Waals surface area contributed by atoms with Crippen LogP contribution in [0.4, 0.5) is 0 Å². The summed E-state index contributed by atoms with van der Waals surface area (Å²) in [6.45, 7) is 23.7. The molecule has 1 aliphatic rings. The Morgan fingerprint density at radius 3 is 1.40 bits per heavy atom. The molecule has 9 heteroatoms. The highest BCUT2D eigenvalue weighted by molar-refractivity contribution is 5.78. The molecule has 0 aliphatic carbocycles. The first-order valence-corrected chi connectivity index (χ1v) is 32.9. The smallest absolute Gasteiger partial charge is 0.323 e. The Kier molecular flexibility index (Phi) is 51.7. The van der Waals surface area contributed by atoms with E-state index in [1.54, 1.807) is 0 Å². The number of nitrogens with one attached hydrogen (secondary N) is 2. The van der Waals surface area contributed by atoms with Gasteiger partial charge in [0.15, 0.2) is 0 Å². The minimum absolute atomic E-state index is 0.0667. The van der Waals surface area contributed by atoms with E-state index in [0.29, 0.717) is 32.2 Å². The van der Waals surface area contributed by atoms with Gasteiger partial charge < -0.3 is 24.6 Å². The molecule has 0 spiro atoms. The summed E-state index contributed by atoms with van der Waals surface area (Å²) in [6, 6.07) is -0.238. The Morgan fingerprint density at radius 1 is 0.479 bits per heavy atom. The van der Waals surface area contributed by atoms with E-state index in [9.17, 15) is 9.59 Å². The number of esters is 1. The van der Waals surface area contributed by atoms with Crippen molar-refractivity contribution in [1.82, 2.24) is 25.3 Å². The third-order valence-electron chi connectivity index (χ3n) is 15.9. The highest BCUT2D eigenvalue weighted by Gasteiger charge is 2.26. The largest absolute Gasteiger partial charge is 0.465 e. The van der Waals surface area contributed by atoms with Crippen LogP contribution in [-0.4, -0.2) is 118 Å². The van der Waals surface area contributed by atoms with Gasteiger partial charge >= 0.3 is 5.97 Å². The molecule has 1 saturated heterocycles. The summed E-state index contributed by atoms with van der Waals surface area (Å²) < 4.78 is 12.5. The molecule has 3 atom stereocenters. The number of carbonyl (C=O) groups excluding carboxylic acids is 2. The lowest BCUT2D eigenvalue weighted by molar-refractivity contribution is -0.146. The summed E-state index contributed by atoms with van der Waals surface area (Å²) in [7, 11) is 0. The first-order chi connectivity index (χ1) is 35.9. The normalized spacial score (nSPS) is 15.0. The summed E-state index contributed by atoms with van der Waals surface area (Å²) in [5.41, 5.74) is 0. The summed E-state index contributed by atoms with van der Waals surface area (Å²) >= 11 is 0. The molecule has 73 heavy (non-hydrogen) atoms. The van der Waals surface area contributed by atoms with Crippen LogP contribution in [0.25, 0.3) is 0 Å². The number of amides is 1. The molecule has 3 unspecified atom stereocenters. The van der Waals surface area contributed by atoms with Gasteiger partial charge in [0.1, 0.15) is 12.3 Å². The summed E-state index contributed by atoms with van der Waals surface area (Å²) in [5, 5.41) is 7.35. The molecule has 1 rings (SSSR count). The number of hydrogen-bond donors (Lipinski definition) is 2. The fraction of sp³-hybridized carbons (Fsp3) is 0.969. The Morgan fingerprint density at radius 2 is 0.890 bits per heavy atom. The van der Waals surface area contributed by atoms with Gasteiger partial charge in [-0.15, -0.1) is 0 Å². The van der Waals surface area contributed by atoms with E-state index in [1.165, 1.54) is 225 Å². The van der Waals surface area contributed by atoms with Crippen LogP contribution in [0.3, 0.4) is 0 Å². The minimum atomic E-state index is -0.238. The lowest BCUT2D eigenvalue weighted by Gasteiger charge is -2.35. The predicted octanol–water partition coefficient (Wildman–Crippen LogP) is 16.6. The third kappa shape index (κ3) is 43.4. The summed E-state index contributed by atoms with van der Waals surface area (Å²) in [6.07, 6.45) is 51.9. The van der Waals surface area contributed by atoms with Crippen molar-refractivity contribution in [1.29, 1.82) is 0 Å². The number of unbranched alkanes of at least 4 members (excludes halogenated alkanes) is 32. The average Bonchev–Trinajstić information content (AvgIpc) is 3.40. The standard InChI is InChI=1S/C64H129N5O4/c1-7-13-19-24-28-29-30-31-35-39-45-60(57-66-61(46-40-23-17-11-5)64(71)73-55-44-18-12-6)47-56-72-62-58-69(52-48-65-62)63(70)59-68(51-43-38-34-27-22-16-10-4)54-53-67(49-41-36-32-25-20-14-8-2)50-42-37-33-26-21-15-9-3/h60-62,65-66H,7-59H2,1-6H3. The minimum Gasteiger partial charge on any atom is -0.465 e. The second-order valence-electron chi connectivity index (χ2n) is 22.9. The van der Waals surface area contributed by atoms with Crippen molar-refractivity contribution in [2.75, 3.05) is 78.7 Å². The van der Waals surface area contributed by atoms with E-state index < -0.39 is 0 Å². The maximum absolute atomic E-state index is 14.3. The molecule has 1 heterocycles. The zero-order chi connectivity index (χ0) is 52.9. The molecular formula is C64H129N5O4. The van der Waals surface area contributed by atoms with Crippen LogP contribution in [0.2, 0.25) is 0 Å². The average molecular weight is 1030 g/mol.